The Morgan fingerprint density at radius 3 is 2.43 bits per heavy atom. The van der Waals surface area contributed by atoms with Gasteiger partial charge in [0.2, 0.25) is 0 Å². The van der Waals surface area contributed by atoms with Crippen molar-refractivity contribution in [1.29, 1.82) is 0 Å². The van der Waals surface area contributed by atoms with Crippen LogP contribution in [0.5, 0.6) is 5.75 Å². The summed E-state index contributed by atoms with van der Waals surface area (Å²) < 4.78 is 5.84. The summed E-state index contributed by atoms with van der Waals surface area (Å²) in [5.74, 6) is 0.0134. The number of hydrogen-bond donors (Lipinski definition) is 2. The zero-order chi connectivity index (χ0) is 20.9. The maximum absolute atomic E-state index is 12.8. The SMILES string of the molecule is CC[C@H](Oc1ccc(Cl)c(C)c1)C(=O)Nc1ccccc1C(=O)NC(C)(C)C. The minimum atomic E-state index is -0.695. The molecule has 0 saturated carbocycles. The van der Waals surface area contributed by atoms with Gasteiger partial charge in [-0.15, -0.1) is 0 Å². The number of halogens is 1. The molecule has 0 bridgehead atoms. The van der Waals surface area contributed by atoms with E-state index in [-0.39, 0.29) is 17.4 Å². The maximum atomic E-state index is 12.8. The van der Waals surface area contributed by atoms with Gasteiger partial charge in [0.25, 0.3) is 11.8 Å². The molecule has 1 atom stereocenters. The van der Waals surface area contributed by atoms with Crippen molar-refractivity contribution in [1.82, 2.24) is 5.32 Å². The lowest BCUT2D eigenvalue weighted by Crippen LogP contribution is -2.41. The molecule has 2 rings (SSSR count). The van der Waals surface area contributed by atoms with Crippen LogP contribution in [0.3, 0.4) is 0 Å². The fourth-order valence-corrected chi connectivity index (χ4v) is 2.71. The van der Waals surface area contributed by atoms with Crippen LogP contribution in [0.15, 0.2) is 42.5 Å². The van der Waals surface area contributed by atoms with Crippen molar-refractivity contribution in [3.8, 4) is 5.75 Å². The first-order valence-corrected chi connectivity index (χ1v) is 9.63. The summed E-state index contributed by atoms with van der Waals surface area (Å²) in [4.78, 5) is 25.3. The number of para-hydroxylation sites is 1. The second-order valence-corrected chi connectivity index (χ2v) is 8.07. The van der Waals surface area contributed by atoms with Crippen LogP contribution in [-0.2, 0) is 4.79 Å². The van der Waals surface area contributed by atoms with E-state index >= 15 is 0 Å². The molecule has 0 saturated heterocycles. The number of carbonyl (C=O) groups is 2. The summed E-state index contributed by atoms with van der Waals surface area (Å²) in [7, 11) is 0. The monoisotopic (exact) mass is 402 g/mol. The van der Waals surface area contributed by atoms with Gasteiger partial charge < -0.3 is 15.4 Å². The normalized spacial score (nSPS) is 12.2. The summed E-state index contributed by atoms with van der Waals surface area (Å²) >= 11 is 6.04. The molecule has 6 heteroatoms. The molecule has 2 aromatic rings. The van der Waals surface area contributed by atoms with Gasteiger partial charge in [-0.2, -0.15) is 0 Å². The van der Waals surface area contributed by atoms with Crippen molar-refractivity contribution in [3.63, 3.8) is 0 Å². The van der Waals surface area contributed by atoms with E-state index in [1.54, 1.807) is 42.5 Å². The molecule has 2 N–H and O–H groups in total. The van der Waals surface area contributed by atoms with E-state index < -0.39 is 6.10 Å². The lowest BCUT2D eigenvalue weighted by Gasteiger charge is -2.22. The second kappa shape index (κ2) is 9.11. The predicted octanol–water partition coefficient (Wildman–Crippen LogP) is 4.97. The quantitative estimate of drug-likeness (QED) is 0.716. The fourth-order valence-electron chi connectivity index (χ4n) is 2.59. The second-order valence-electron chi connectivity index (χ2n) is 7.66. The Labute approximate surface area is 171 Å². The largest absolute Gasteiger partial charge is 0.481 e. The van der Waals surface area contributed by atoms with Crippen molar-refractivity contribution in [2.45, 2.75) is 52.7 Å². The Bertz CT molecular complexity index is 859. The molecule has 0 radical (unpaired) electrons. The zero-order valence-corrected chi connectivity index (χ0v) is 17.7. The van der Waals surface area contributed by atoms with Crippen molar-refractivity contribution < 1.29 is 14.3 Å². The van der Waals surface area contributed by atoms with Gasteiger partial charge in [-0.1, -0.05) is 30.7 Å². The number of carbonyl (C=O) groups excluding carboxylic acids is 2. The van der Waals surface area contributed by atoms with Crippen LogP contribution < -0.4 is 15.4 Å². The predicted molar refractivity (Wildman–Crippen MR) is 113 cm³/mol. The van der Waals surface area contributed by atoms with Gasteiger partial charge in [-0.25, -0.2) is 0 Å². The topological polar surface area (TPSA) is 67.4 Å². The van der Waals surface area contributed by atoms with Crippen LogP contribution in [-0.4, -0.2) is 23.5 Å². The van der Waals surface area contributed by atoms with Gasteiger partial charge in [0.15, 0.2) is 6.10 Å². The van der Waals surface area contributed by atoms with Crippen LogP contribution in [0.2, 0.25) is 5.02 Å². The number of rotatable bonds is 6. The van der Waals surface area contributed by atoms with Crippen LogP contribution in [0.4, 0.5) is 5.69 Å². The third-order valence-electron chi connectivity index (χ3n) is 3.99. The van der Waals surface area contributed by atoms with E-state index in [4.69, 9.17) is 16.3 Å². The molecule has 0 spiro atoms. The van der Waals surface area contributed by atoms with Crippen molar-refractivity contribution in [2.75, 3.05) is 5.32 Å². The smallest absolute Gasteiger partial charge is 0.265 e. The summed E-state index contributed by atoms with van der Waals surface area (Å²) in [6.07, 6.45) is -0.219. The molecule has 0 heterocycles. The van der Waals surface area contributed by atoms with Gasteiger partial charge in [0, 0.05) is 10.6 Å². The van der Waals surface area contributed by atoms with E-state index in [0.29, 0.717) is 28.4 Å². The van der Waals surface area contributed by atoms with Gasteiger partial charge >= 0.3 is 0 Å². The number of amides is 2. The summed E-state index contributed by atoms with van der Waals surface area (Å²) in [5, 5.41) is 6.38. The van der Waals surface area contributed by atoms with E-state index in [9.17, 15) is 9.59 Å². The minimum Gasteiger partial charge on any atom is -0.481 e. The Hall–Kier alpha value is -2.53. The maximum Gasteiger partial charge on any atom is 0.265 e. The van der Waals surface area contributed by atoms with Gasteiger partial charge in [0.05, 0.1) is 11.3 Å². The first-order valence-electron chi connectivity index (χ1n) is 9.26. The molecule has 0 unspecified atom stereocenters. The van der Waals surface area contributed by atoms with E-state index in [0.717, 1.165) is 5.56 Å². The molecule has 0 aromatic heterocycles. The lowest BCUT2D eigenvalue weighted by atomic mass is 10.1. The molecule has 0 aliphatic rings. The molecular formula is C22H27ClN2O3. The van der Waals surface area contributed by atoms with E-state index in [1.165, 1.54) is 0 Å². The molecule has 150 valence electrons. The third-order valence-corrected chi connectivity index (χ3v) is 4.41. The zero-order valence-electron chi connectivity index (χ0n) is 16.9. The highest BCUT2D eigenvalue weighted by Gasteiger charge is 2.22. The Morgan fingerprint density at radius 1 is 1.14 bits per heavy atom. The fraction of sp³-hybridized carbons (Fsp3) is 0.364. The first-order chi connectivity index (χ1) is 13.1. The average molecular weight is 403 g/mol. The molecule has 2 aromatic carbocycles. The summed E-state index contributed by atoms with van der Waals surface area (Å²) in [5.41, 5.74) is 1.35. The molecule has 0 aliphatic heterocycles. The average Bonchev–Trinajstić information content (AvgIpc) is 2.61. The molecular weight excluding hydrogens is 376 g/mol. The molecule has 2 amide bonds. The number of aryl methyl sites for hydroxylation is 1. The van der Waals surface area contributed by atoms with Crippen LogP contribution in [0, 0.1) is 6.92 Å². The highest BCUT2D eigenvalue weighted by Crippen LogP contribution is 2.23. The molecule has 0 fully saturated rings. The first kappa shape index (κ1) is 21.8. The van der Waals surface area contributed by atoms with Gasteiger partial charge in [0.1, 0.15) is 5.75 Å². The third kappa shape index (κ3) is 5.99. The highest BCUT2D eigenvalue weighted by molar-refractivity contribution is 6.31. The Morgan fingerprint density at radius 2 is 1.82 bits per heavy atom. The molecule has 28 heavy (non-hydrogen) atoms. The van der Waals surface area contributed by atoms with Crippen molar-refractivity contribution in [3.05, 3.63) is 58.6 Å². The van der Waals surface area contributed by atoms with Crippen LogP contribution >= 0.6 is 11.6 Å². The summed E-state index contributed by atoms with van der Waals surface area (Å²) in [6.45, 7) is 9.45. The minimum absolute atomic E-state index is 0.245. The number of anilines is 1. The standard InChI is InChI=1S/C22H27ClN2O3/c1-6-19(28-15-11-12-17(23)14(2)13-15)21(27)24-18-10-8-7-9-16(18)20(26)25-22(3,4)5/h7-13,19H,6H2,1-5H3,(H,24,27)(H,25,26)/t19-/m0/s1. The lowest BCUT2D eigenvalue weighted by molar-refractivity contribution is -0.122. The van der Waals surface area contributed by atoms with Gasteiger partial charge in [-0.05, 0) is 70.0 Å². The van der Waals surface area contributed by atoms with E-state index in [2.05, 4.69) is 10.6 Å². The van der Waals surface area contributed by atoms with Crippen molar-refractivity contribution >= 4 is 29.1 Å². The van der Waals surface area contributed by atoms with E-state index in [1.807, 2.05) is 34.6 Å². The highest BCUT2D eigenvalue weighted by atomic mass is 35.5. The molecule has 5 nitrogen and oxygen atoms in total. The Kier molecular flexibility index (Phi) is 7.08. The number of nitrogens with one attached hydrogen (secondary N) is 2. The van der Waals surface area contributed by atoms with Crippen LogP contribution in [0.25, 0.3) is 0 Å². The number of benzene rings is 2. The van der Waals surface area contributed by atoms with Crippen molar-refractivity contribution in [2.24, 2.45) is 0 Å². The molecule has 0 aliphatic carbocycles. The Balaban J connectivity index is 2.16. The number of hydrogen-bond acceptors (Lipinski definition) is 3. The summed E-state index contributed by atoms with van der Waals surface area (Å²) in [6, 6.07) is 12.2. The number of ether oxygens (including phenoxy) is 1. The van der Waals surface area contributed by atoms with Crippen LogP contribution in [0.1, 0.15) is 50.0 Å². The van der Waals surface area contributed by atoms with Gasteiger partial charge in [-0.3, -0.25) is 9.59 Å².